The normalized spacial score (nSPS) is 20.9. The molecule has 13 heteroatoms. The fourth-order valence-electron chi connectivity index (χ4n) is 6.25. The lowest BCUT2D eigenvalue weighted by Crippen LogP contribution is -2.48. The number of fused-ring (bicyclic) bond motifs is 3. The van der Waals surface area contributed by atoms with Crippen LogP contribution in [0.2, 0.25) is 0 Å². The standard InChI is InChI=1S/C30H25F4N5O4/c31-21-6-4-17-8-9-29(23(17)14-21)27(42)38(16-30(32,33)34)28(43)39(29)15-25(40)36-22-7-5-18-11-20(12-19(18)13-22)26(41)37-24-3-1-2-10-35-24/h1-7,10,13-14,20H,8-9,11-12,15-16H2,(H,36,40)(H,35,37,41). The summed E-state index contributed by atoms with van der Waals surface area (Å²) in [5.74, 6) is -2.71. The van der Waals surface area contributed by atoms with Crippen LogP contribution in [0.15, 0.2) is 60.8 Å². The summed E-state index contributed by atoms with van der Waals surface area (Å²) in [6.45, 7) is -2.56. The van der Waals surface area contributed by atoms with Crippen molar-refractivity contribution in [2.75, 3.05) is 23.7 Å². The van der Waals surface area contributed by atoms with Crippen LogP contribution in [0.3, 0.4) is 0 Å². The second kappa shape index (κ2) is 10.5. The predicted octanol–water partition coefficient (Wildman–Crippen LogP) is 4.18. The molecule has 1 spiro atoms. The smallest absolute Gasteiger partial charge is 0.325 e. The number of aryl methyl sites for hydroxylation is 1. The van der Waals surface area contributed by atoms with Gasteiger partial charge >= 0.3 is 12.2 Å². The lowest BCUT2D eigenvalue weighted by molar-refractivity contribution is -0.155. The quantitative estimate of drug-likeness (QED) is 0.328. The number of nitrogens with one attached hydrogen (secondary N) is 2. The molecule has 2 N–H and O–H groups in total. The number of pyridine rings is 1. The monoisotopic (exact) mass is 595 g/mol. The van der Waals surface area contributed by atoms with E-state index in [0.717, 1.165) is 22.1 Å². The number of halogens is 4. The summed E-state index contributed by atoms with van der Waals surface area (Å²) in [6, 6.07) is 12.6. The molecule has 3 aliphatic rings. The number of benzene rings is 2. The van der Waals surface area contributed by atoms with E-state index in [9.17, 15) is 36.7 Å². The van der Waals surface area contributed by atoms with Crippen LogP contribution < -0.4 is 10.6 Å². The van der Waals surface area contributed by atoms with Crippen molar-refractivity contribution in [1.82, 2.24) is 14.8 Å². The first kappa shape index (κ1) is 28.3. The number of alkyl halides is 3. The van der Waals surface area contributed by atoms with Crippen molar-refractivity contribution in [1.29, 1.82) is 0 Å². The van der Waals surface area contributed by atoms with Gasteiger partial charge in [0.25, 0.3) is 5.91 Å². The molecule has 1 aliphatic heterocycles. The Bertz CT molecular complexity index is 1650. The second-order valence-corrected chi connectivity index (χ2v) is 10.9. The largest absolute Gasteiger partial charge is 0.406 e. The van der Waals surface area contributed by atoms with E-state index >= 15 is 0 Å². The fraction of sp³-hybridized carbons (Fsp3) is 0.300. The van der Waals surface area contributed by atoms with E-state index in [1.807, 2.05) is 0 Å². The van der Waals surface area contributed by atoms with E-state index < -0.39 is 48.5 Å². The molecule has 0 saturated carbocycles. The third-order valence-electron chi connectivity index (χ3n) is 8.14. The highest BCUT2D eigenvalue weighted by atomic mass is 19.4. The minimum Gasteiger partial charge on any atom is -0.325 e. The minimum atomic E-state index is -4.87. The highest BCUT2D eigenvalue weighted by Gasteiger charge is 2.62. The van der Waals surface area contributed by atoms with E-state index in [2.05, 4.69) is 15.6 Å². The lowest BCUT2D eigenvalue weighted by Gasteiger charge is -2.32. The van der Waals surface area contributed by atoms with Crippen LogP contribution in [-0.2, 0) is 39.2 Å². The SMILES string of the molecule is O=C(CN1C(=O)N(CC(F)(F)F)C(=O)C12CCc1ccc(F)cc12)Nc1ccc2c(c1)CC(C(=O)Nc1ccccn1)C2. The first-order valence-electron chi connectivity index (χ1n) is 13.6. The molecular formula is C30H25F4N5O4. The van der Waals surface area contributed by atoms with Crippen molar-refractivity contribution in [3.8, 4) is 0 Å². The van der Waals surface area contributed by atoms with Gasteiger partial charge in [-0.3, -0.25) is 24.2 Å². The summed E-state index contributed by atoms with van der Waals surface area (Å²) in [6.07, 6.45) is -2.27. The van der Waals surface area contributed by atoms with Crippen molar-refractivity contribution in [2.24, 2.45) is 5.92 Å². The number of carbonyl (C=O) groups excluding carboxylic acids is 4. The van der Waals surface area contributed by atoms with Gasteiger partial charge in [0.2, 0.25) is 11.8 Å². The van der Waals surface area contributed by atoms with Crippen LogP contribution in [0.4, 0.5) is 33.9 Å². The molecular weight excluding hydrogens is 570 g/mol. The average molecular weight is 596 g/mol. The highest BCUT2D eigenvalue weighted by molar-refractivity contribution is 6.10. The number of aromatic nitrogens is 1. The van der Waals surface area contributed by atoms with Gasteiger partial charge < -0.3 is 10.6 Å². The topological polar surface area (TPSA) is 112 Å². The molecule has 43 heavy (non-hydrogen) atoms. The van der Waals surface area contributed by atoms with Gasteiger partial charge in [0.15, 0.2) is 5.54 Å². The lowest BCUT2D eigenvalue weighted by atomic mass is 9.89. The first-order chi connectivity index (χ1) is 20.4. The number of hydrogen-bond acceptors (Lipinski definition) is 5. The fourth-order valence-corrected chi connectivity index (χ4v) is 6.25. The molecule has 6 rings (SSSR count). The number of carbonyl (C=O) groups is 4. The molecule has 1 aromatic heterocycles. The number of amides is 5. The summed E-state index contributed by atoms with van der Waals surface area (Å²) in [5.41, 5.74) is 0.776. The zero-order valence-corrected chi connectivity index (χ0v) is 22.6. The summed E-state index contributed by atoms with van der Waals surface area (Å²) in [5, 5.41) is 5.44. The Hall–Kier alpha value is -4.81. The summed E-state index contributed by atoms with van der Waals surface area (Å²) in [7, 11) is 0. The van der Waals surface area contributed by atoms with Gasteiger partial charge in [0, 0.05) is 17.8 Å². The van der Waals surface area contributed by atoms with Gasteiger partial charge in [0.1, 0.15) is 24.7 Å². The van der Waals surface area contributed by atoms with Crippen LogP contribution in [0, 0.1) is 11.7 Å². The molecule has 2 atom stereocenters. The molecule has 2 aromatic carbocycles. The molecule has 1 saturated heterocycles. The summed E-state index contributed by atoms with van der Waals surface area (Å²) >= 11 is 0. The Balaban J connectivity index is 1.20. The number of rotatable bonds is 6. The molecule has 9 nitrogen and oxygen atoms in total. The van der Waals surface area contributed by atoms with Crippen LogP contribution in [-0.4, -0.2) is 57.8 Å². The van der Waals surface area contributed by atoms with Crippen LogP contribution >= 0.6 is 0 Å². The van der Waals surface area contributed by atoms with Gasteiger partial charge in [-0.15, -0.1) is 0 Å². The molecule has 1 fully saturated rings. The van der Waals surface area contributed by atoms with Crippen molar-refractivity contribution < 1.29 is 36.7 Å². The molecule has 222 valence electrons. The van der Waals surface area contributed by atoms with Gasteiger partial charge in [-0.1, -0.05) is 18.2 Å². The van der Waals surface area contributed by atoms with E-state index in [4.69, 9.17) is 0 Å². The Kier molecular flexibility index (Phi) is 6.90. The van der Waals surface area contributed by atoms with Crippen molar-refractivity contribution in [2.45, 2.75) is 37.4 Å². The number of urea groups is 1. The Morgan fingerprint density at radius 3 is 2.49 bits per heavy atom. The van der Waals surface area contributed by atoms with Gasteiger partial charge in [-0.05, 0) is 84.3 Å². The van der Waals surface area contributed by atoms with Crippen molar-refractivity contribution >= 4 is 35.3 Å². The molecule has 2 heterocycles. The average Bonchev–Trinajstić information content (AvgIpc) is 3.60. The third-order valence-corrected chi connectivity index (χ3v) is 8.14. The zero-order chi connectivity index (χ0) is 30.5. The molecule has 3 aromatic rings. The Morgan fingerprint density at radius 1 is 0.977 bits per heavy atom. The maximum atomic E-state index is 14.2. The maximum absolute atomic E-state index is 14.2. The molecule has 2 aliphatic carbocycles. The third kappa shape index (κ3) is 5.19. The zero-order valence-electron chi connectivity index (χ0n) is 22.6. The number of anilines is 2. The number of imide groups is 1. The van der Waals surface area contributed by atoms with Crippen molar-refractivity contribution in [3.05, 3.63) is 88.9 Å². The van der Waals surface area contributed by atoms with Gasteiger partial charge in [-0.2, -0.15) is 13.2 Å². The number of hydrogen-bond donors (Lipinski definition) is 2. The van der Waals surface area contributed by atoms with E-state index in [1.54, 1.807) is 42.6 Å². The summed E-state index contributed by atoms with van der Waals surface area (Å²) in [4.78, 5) is 57.6. The van der Waals surface area contributed by atoms with Crippen LogP contribution in [0.1, 0.15) is 28.7 Å². The number of nitrogens with zero attached hydrogens (tertiary/aromatic N) is 3. The maximum Gasteiger partial charge on any atom is 0.406 e. The van der Waals surface area contributed by atoms with Crippen LogP contribution in [0.25, 0.3) is 0 Å². The minimum absolute atomic E-state index is 0.0795. The Morgan fingerprint density at radius 2 is 1.74 bits per heavy atom. The highest BCUT2D eigenvalue weighted by Crippen LogP contribution is 2.48. The van der Waals surface area contributed by atoms with E-state index in [-0.39, 0.29) is 35.1 Å². The molecule has 0 bridgehead atoms. The van der Waals surface area contributed by atoms with Gasteiger partial charge in [0.05, 0.1) is 0 Å². The van der Waals surface area contributed by atoms with Crippen molar-refractivity contribution in [3.63, 3.8) is 0 Å². The molecule has 5 amide bonds. The molecule has 0 radical (unpaired) electrons. The summed E-state index contributed by atoms with van der Waals surface area (Å²) < 4.78 is 54.2. The van der Waals surface area contributed by atoms with Crippen LogP contribution in [0.5, 0.6) is 0 Å². The first-order valence-corrected chi connectivity index (χ1v) is 13.6. The van der Waals surface area contributed by atoms with E-state index in [0.29, 0.717) is 29.9 Å². The molecule has 2 unspecified atom stereocenters. The van der Waals surface area contributed by atoms with E-state index in [1.165, 1.54) is 12.1 Å². The predicted molar refractivity (Wildman–Crippen MR) is 145 cm³/mol. The Labute approximate surface area is 242 Å². The van der Waals surface area contributed by atoms with Gasteiger partial charge in [-0.25, -0.2) is 14.2 Å². The second-order valence-electron chi connectivity index (χ2n) is 10.9.